The van der Waals surface area contributed by atoms with Crippen LogP contribution in [0.2, 0.25) is 0 Å². The standard InChI is InChI=1S/C15H13NO2S/c1-9-5-6-11-13(7-9)19-12-4-2-3-10(8-14(17)18)15(12)16-11/h2-7,16H,8H2,1H3,(H,17,18). The summed E-state index contributed by atoms with van der Waals surface area (Å²) in [4.78, 5) is 13.2. The molecule has 0 spiro atoms. The number of aryl methyl sites for hydroxylation is 1. The molecule has 0 saturated heterocycles. The molecule has 0 aromatic heterocycles. The van der Waals surface area contributed by atoms with Gasteiger partial charge >= 0.3 is 5.97 Å². The molecule has 0 saturated carbocycles. The molecule has 0 atom stereocenters. The first-order chi connectivity index (χ1) is 9.13. The molecule has 96 valence electrons. The molecule has 0 fully saturated rings. The highest BCUT2D eigenvalue weighted by Crippen LogP contribution is 2.45. The fourth-order valence-electron chi connectivity index (χ4n) is 2.18. The SMILES string of the molecule is Cc1ccc2c(c1)Sc1cccc(CC(=O)O)c1N2. The molecule has 4 heteroatoms. The molecule has 0 radical (unpaired) electrons. The third kappa shape index (κ3) is 2.31. The van der Waals surface area contributed by atoms with Gasteiger partial charge in [-0.15, -0.1) is 0 Å². The summed E-state index contributed by atoms with van der Waals surface area (Å²) in [7, 11) is 0. The van der Waals surface area contributed by atoms with Crippen LogP contribution < -0.4 is 5.32 Å². The average molecular weight is 271 g/mol. The highest BCUT2D eigenvalue weighted by Gasteiger charge is 2.19. The van der Waals surface area contributed by atoms with Crippen molar-refractivity contribution in [3.63, 3.8) is 0 Å². The molecule has 0 aliphatic carbocycles. The lowest BCUT2D eigenvalue weighted by Crippen LogP contribution is -2.07. The van der Waals surface area contributed by atoms with Crippen LogP contribution in [0, 0.1) is 6.92 Å². The topological polar surface area (TPSA) is 49.3 Å². The van der Waals surface area contributed by atoms with Gasteiger partial charge in [-0.05, 0) is 36.2 Å². The average Bonchev–Trinajstić information content (AvgIpc) is 2.36. The Kier molecular flexibility index (Phi) is 2.95. The molecule has 0 bridgehead atoms. The van der Waals surface area contributed by atoms with E-state index in [-0.39, 0.29) is 6.42 Å². The molecule has 1 aliphatic heterocycles. The Morgan fingerprint density at radius 3 is 2.89 bits per heavy atom. The first kappa shape index (κ1) is 12.1. The normalized spacial score (nSPS) is 12.3. The van der Waals surface area contributed by atoms with Crippen LogP contribution in [0.15, 0.2) is 46.2 Å². The third-order valence-corrected chi connectivity index (χ3v) is 4.19. The molecule has 0 amide bonds. The van der Waals surface area contributed by atoms with Crippen LogP contribution in [0.5, 0.6) is 0 Å². The van der Waals surface area contributed by atoms with Crippen molar-refractivity contribution >= 4 is 29.1 Å². The monoisotopic (exact) mass is 271 g/mol. The van der Waals surface area contributed by atoms with Crippen LogP contribution in [0.4, 0.5) is 11.4 Å². The zero-order chi connectivity index (χ0) is 13.4. The number of anilines is 2. The number of rotatable bonds is 2. The molecule has 2 aromatic rings. The maximum atomic E-state index is 10.9. The van der Waals surface area contributed by atoms with Crippen molar-refractivity contribution < 1.29 is 9.90 Å². The smallest absolute Gasteiger partial charge is 0.307 e. The largest absolute Gasteiger partial charge is 0.481 e. The van der Waals surface area contributed by atoms with Crippen LogP contribution in [0.25, 0.3) is 0 Å². The Labute approximate surface area is 115 Å². The third-order valence-electron chi connectivity index (χ3n) is 3.07. The molecule has 1 heterocycles. The minimum atomic E-state index is -0.810. The van der Waals surface area contributed by atoms with Gasteiger partial charge in [-0.1, -0.05) is 30.0 Å². The number of carboxylic acid groups (broad SMARTS) is 1. The molecular weight excluding hydrogens is 258 g/mol. The minimum Gasteiger partial charge on any atom is -0.481 e. The Bertz CT molecular complexity index is 667. The van der Waals surface area contributed by atoms with E-state index in [9.17, 15) is 4.79 Å². The predicted octanol–water partition coefficient (Wildman–Crippen LogP) is 3.83. The van der Waals surface area contributed by atoms with E-state index in [1.165, 1.54) is 10.5 Å². The first-order valence-corrected chi connectivity index (χ1v) is 6.84. The van der Waals surface area contributed by atoms with Crippen LogP contribution in [0.1, 0.15) is 11.1 Å². The minimum absolute atomic E-state index is 0.0396. The van der Waals surface area contributed by atoms with Gasteiger partial charge in [-0.25, -0.2) is 0 Å². The predicted molar refractivity (Wildman–Crippen MR) is 76.4 cm³/mol. The Balaban J connectivity index is 2.04. The quantitative estimate of drug-likeness (QED) is 0.743. The number of benzene rings is 2. The van der Waals surface area contributed by atoms with E-state index in [0.29, 0.717) is 0 Å². The van der Waals surface area contributed by atoms with Gasteiger partial charge in [-0.3, -0.25) is 4.79 Å². The molecule has 2 N–H and O–H groups in total. The second kappa shape index (κ2) is 4.63. The summed E-state index contributed by atoms with van der Waals surface area (Å²) in [5.74, 6) is -0.810. The lowest BCUT2D eigenvalue weighted by molar-refractivity contribution is -0.136. The fraction of sp³-hybridized carbons (Fsp3) is 0.133. The molecule has 19 heavy (non-hydrogen) atoms. The number of aliphatic carboxylic acids is 1. The van der Waals surface area contributed by atoms with Gasteiger partial charge in [0.2, 0.25) is 0 Å². The lowest BCUT2D eigenvalue weighted by Gasteiger charge is -2.23. The summed E-state index contributed by atoms with van der Waals surface area (Å²) in [5, 5.41) is 12.3. The first-order valence-electron chi connectivity index (χ1n) is 6.03. The van der Waals surface area contributed by atoms with Crippen LogP contribution in [-0.4, -0.2) is 11.1 Å². The van der Waals surface area contributed by atoms with Gasteiger partial charge in [0.1, 0.15) is 0 Å². The molecule has 0 unspecified atom stereocenters. The van der Waals surface area contributed by atoms with Crippen molar-refractivity contribution in [3.8, 4) is 0 Å². The van der Waals surface area contributed by atoms with Gasteiger partial charge in [0.05, 0.1) is 17.8 Å². The molecule has 3 rings (SSSR count). The van der Waals surface area contributed by atoms with E-state index in [1.54, 1.807) is 11.8 Å². The molecule has 3 nitrogen and oxygen atoms in total. The summed E-state index contributed by atoms with van der Waals surface area (Å²) >= 11 is 1.68. The number of para-hydroxylation sites is 1. The number of nitrogens with one attached hydrogen (secondary N) is 1. The van der Waals surface area contributed by atoms with Crippen LogP contribution >= 0.6 is 11.8 Å². The lowest BCUT2D eigenvalue weighted by atomic mass is 10.1. The van der Waals surface area contributed by atoms with Crippen LogP contribution in [-0.2, 0) is 11.2 Å². The van der Waals surface area contributed by atoms with E-state index >= 15 is 0 Å². The zero-order valence-electron chi connectivity index (χ0n) is 10.4. The summed E-state index contributed by atoms with van der Waals surface area (Å²) in [6.07, 6.45) is 0.0396. The van der Waals surface area contributed by atoms with Gasteiger partial charge in [-0.2, -0.15) is 0 Å². The Hall–Kier alpha value is -1.94. The molecule has 2 aromatic carbocycles. The van der Waals surface area contributed by atoms with Gasteiger partial charge in [0, 0.05) is 9.79 Å². The van der Waals surface area contributed by atoms with E-state index in [0.717, 1.165) is 21.8 Å². The van der Waals surface area contributed by atoms with Gasteiger partial charge in [0.15, 0.2) is 0 Å². The highest BCUT2D eigenvalue weighted by atomic mass is 32.2. The van der Waals surface area contributed by atoms with Crippen LogP contribution in [0.3, 0.4) is 0 Å². The van der Waals surface area contributed by atoms with Crippen molar-refractivity contribution in [2.75, 3.05) is 5.32 Å². The highest BCUT2D eigenvalue weighted by molar-refractivity contribution is 7.99. The summed E-state index contributed by atoms with van der Waals surface area (Å²) < 4.78 is 0. The molecular formula is C15H13NO2S. The maximum Gasteiger partial charge on any atom is 0.307 e. The van der Waals surface area contributed by atoms with Crippen molar-refractivity contribution in [1.29, 1.82) is 0 Å². The van der Waals surface area contributed by atoms with Crippen molar-refractivity contribution in [2.45, 2.75) is 23.1 Å². The van der Waals surface area contributed by atoms with Crippen molar-refractivity contribution in [3.05, 3.63) is 47.5 Å². The van der Waals surface area contributed by atoms with E-state index in [4.69, 9.17) is 5.11 Å². The Morgan fingerprint density at radius 1 is 1.26 bits per heavy atom. The number of carbonyl (C=O) groups is 1. The fourth-order valence-corrected chi connectivity index (χ4v) is 3.33. The number of carboxylic acids is 1. The number of hydrogen-bond acceptors (Lipinski definition) is 3. The molecule has 1 aliphatic rings. The van der Waals surface area contributed by atoms with E-state index in [1.807, 2.05) is 24.3 Å². The van der Waals surface area contributed by atoms with E-state index < -0.39 is 5.97 Å². The van der Waals surface area contributed by atoms with Crippen molar-refractivity contribution in [1.82, 2.24) is 0 Å². The zero-order valence-corrected chi connectivity index (χ0v) is 11.3. The maximum absolute atomic E-state index is 10.9. The van der Waals surface area contributed by atoms with Crippen molar-refractivity contribution in [2.24, 2.45) is 0 Å². The number of hydrogen-bond donors (Lipinski definition) is 2. The summed E-state index contributed by atoms with van der Waals surface area (Å²) in [6, 6.07) is 12.0. The Morgan fingerprint density at radius 2 is 2.11 bits per heavy atom. The summed E-state index contributed by atoms with van der Waals surface area (Å²) in [6.45, 7) is 2.07. The second-order valence-electron chi connectivity index (χ2n) is 4.59. The van der Waals surface area contributed by atoms with Gasteiger partial charge < -0.3 is 10.4 Å². The van der Waals surface area contributed by atoms with E-state index in [2.05, 4.69) is 24.4 Å². The second-order valence-corrected chi connectivity index (χ2v) is 5.67. The summed E-state index contributed by atoms with van der Waals surface area (Å²) in [5.41, 5.74) is 4.01. The van der Waals surface area contributed by atoms with Gasteiger partial charge in [0.25, 0.3) is 0 Å². The number of fused-ring (bicyclic) bond motifs is 2.